The predicted octanol–water partition coefficient (Wildman–Crippen LogP) is 7.08. The van der Waals surface area contributed by atoms with E-state index in [1.165, 1.54) is 18.6 Å². The zero-order valence-corrected chi connectivity index (χ0v) is 20.4. The van der Waals surface area contributed by atoms with Crippen molar-refractivity contribution in [3.63, 3.8) is 0 Å². The summed E-state index contributed by atoms with van der Waals surface area (Å²) >= 11 is 0. The van der Waals surface area contributed by atoms with Crippen molar-refractivity contribution in [2.24, 2.45) is 0 Å². The van der Waals surface area contributed by atoms with Gasteiger partial charge < -0.3 is 10.6 Å². The van der Waals surface area contributed by atoms with Crippen LogP contribution >= 0.6 is 0 Å². The van der Waals surface area contributed by atoms with Crippen molar-refractivity contribution in [3.8, 4) is 0 Å². The van der Waals surface area contributed by atoms with E-state index in [0.717, 1.165) is 5.56 Å². The molecule has 0 heterocycles. The molecule has 2 rings (SSSR count). The van der Waals surface area contributed by atoms with E-state index < -0.39 is 36.0 Å². The summed E-state index contributed by atoms with van der Waals surface area (Å²) in [6.45, 7) is 6.11. The molecule has 1 aromatic carbocycles. The summed E-state index contributed by atoms with van der Waals surface area (Å²) in [5.41, 5.74) is -0.508. The number of halogens is 7. The van der Waals surface area contributed by atoms with Gasteiger partial charge in [0.15, 0.2) is 0 Å². The number of allylic oxidation sites excluding steroid dienone is 3. The van der Waals surface area contributed by atoms with Crippen LogP contribution in [0.3, 0.4) is 0 Å². The predicted molar refractivity (Wildman–Crippen MR) is 125 cm³/mol. The van der Waals surface area contributed by atoms with E-state index in [1.54, 1.807) is 17.9 Å². The summed E-state index contributed by atoms with van der Waals surface area (Å²) in [4.78, 5) is 12.2. The molecule has 1 aliphatic carbocycles. The molecule has 0 saturated heterocycles. The molecule has 0 fully saturated rings. The Morgan fingerprint density at radius 1 is 0.944 bits per heavy atom. The third-order valence-corrected chi connectivity index (χ3v) is 4.90. The minimum Gasteiger partial charge on any atom is -0.352 e. The van der Waals surface area contributed by atoms with Crippen LogP contribution in [-0.4, -0.2) is 30.8 Å². The molecule has 0 saturated carbocycles. The summed E-state index contributed by atoms with van der Waals surface area (Å²) < 4.78 is 91.0. The van der Waals surface area contributed by atoms with Gasteiger partial charge in [0.2, 0.25) is 5.91 Å². The highest BCUT2D eigenvalue weighted by Crippen LogP contribution is 2.32. The molecule has 2 N–H and O–H groups in total. The van der Waals surface area contributed by atoms with E-state index in [0.29, 0.717) is 31.5 Å². The second-order valence-electron chi connectivity index (χ2n) is 8.15. The van der Waals surface area contributed by atoms with Gasteiger partial charge in [0.1, 0.15) is 5.82 Å². The van der Waals surface area contributed by atoms with Gasteiger partial charge in [-0.3, -0.25) is 4.79 Å². The molecule has 0 bridgehead atoms. The number of hydrogen-bond acceptors (Lipinski definition) is 2. The topological polar surface area (TPSA) is 41.1 Å². The van der Waals surface area contributed by atoms with Crippen molar-refractivity contribution in [2.45, 2.75) is 71.4 Å². The zero-order valence-electron chi connectivity index (χ0n) is 20.4. The van der Waals surface area contributed by atoms with Crippen LogP contribution in [0.1, 0.15) is 52.0 Å². The SMILES string of the molecule is CCC.CCC(CCC(=O)NCC1=CC(C(F)(F)F)=C=CC(C(F)(F)F)=C1)NCc1ccc(F)cc1. The average Bonchev–Trinajstić information content (AvgIpc) is 3.03. The lowest BCUT2D eigenvalue weighted by molar-refractivity contribution is -0.121. The lowest BCUT2D eigenvalue weighted by Crippen LogP contribution is -2.31. The molecule has 0 aliphatic heterocycles. The van der Waals surface area contributed by atoms with E-state index in [4.69, 9.17) is 0 Å². The van der Waals surface area contributed by atoms with Gasteiger partial charge in [-0.2, -0.15) is 26.3 Å². The molecular formula is C26H31F7N2O. The van der Waals surface area contributed by atoms with E-state index in [9.17, 15) is 35.5 Å². The molecule has 1 aromatic rings. The van der Waals surface area contributed by atoms with Crippen molar-refractivity contribution >= 4 is 5.91 Å². The van der Waals surface area contributed by atoms with Gasteiger partial charge in [0.05, 0.1) is 11.1 Å². The van der Waals surface area contributed by atoms with Crippen molar-refractivity contribution in [1.82, 2.24) is 10.6 Å². The van der Waals surface area contributed by atoms with Gasteiger partial charge in [0.25, 0.3) is 0 Å². The van der Waals surface area contributed by atoms with E-state index in [1.807, 2.05) is 6.92 Å². The Morgan fingerprint density at radius 2 is 1.56 bits per heavy atom. The molecule has 1 amide bonds. The average molecular weight is 521 g/mol. The molecule has 10 heteroatoms. The second-order valence-corrected chi connectivity index (χ2v) is 8.15. The van der Waals surface area contributed by atoms with Crippen molar-refractivity contribution in [1.29, 1.82) is 0 Å². The first-order chi connectivity index (χ1) is 16.8. The minimum atomic E-state index is -4.88. The lowest BCUT2D eigenvalue weighted by Gasteiger charge is -2.17. The summed E-state index contributed by atoms with van der Waals surface area (Å²) in [5.74, 6) is -0.855. The molecule has 0 aromatic heterocycles. The Kier molecular flexibility index (Phi) is 12.7. The van der Waals surface area contributed by atoms with E-state index in [-0.39, 0.29) is 29.9 Å². The number of carbonyl (C=O) groups excluding carboxylic acids is 1. The minimum absolute atomic E-state index is 0.0261. The number of alkyl halides is 6. The molecule has 200 valence electrons. The monoisotopic (exact) mass is 520 g/mol. The number of carbonyl (C=O) groups is 1. The molecule has 1 aliphatic rings. The second kappa shape index (κ2) is 14.7. The molecule has 3 nitrogen and oxygen atoms in total. The maximum absolute atomic E-state index is 13.0. The first-order valence-electron chi connectivity index (χ1n) is 11.6. The maximum atomic E-state index is 13.0. The number of nitrogens with one attached hydrogen (secondary N) is 2. The third kappa shape index (κ3) is 11.7. The Labute approximate surface area is 206 Å². The van der Waals surface area contributed by atoms with Crippen molar-refractivity contribution in [3.05, 3.63) is 76.3 Å². The standard InChI is InChI=1S/C23H23F7N2O.C3H8/c1-2-20(31-13-15-3-7-19(24)8-4-15)9-10-21(33)32-14-16-11-17(22(25,26)27)5-6-18(12-16)23(28,29)30;1-3-2/h3-5,7-8,11-12,20,31H,2,9-10,13-14H2,1H3,(H,32,33);3H2,1-2H3. The van der Waals surface area contributed by atoms with Gasteiger partial charge in [-0.25, -0.2) is 4.39 Å². The van der Waals surface area contributed by atoms with Gasteiger partial charge in [-0.05, 0) is 54.3 Å². The molecular weight excluding hydrogens is 489 g/mol. The fraction of sp³-hybridized carbons (Fsp3) is 0.462. The Hall–Kier alpha value is -2.84. The Balaban J connectivity index is 0.00000205. The molecule has 0 spiro atoms. The first kappa shape index (κ1) is 31.2. The summed E-state index contributed by atoms with van der Waals surface area (Å²) in [6.07, 6.45) is -6.04. The van der Waals surface area contributed by atoms with Crippen LogP contribution in [0.5, 0.6) is 0 Å². The lowest BCUT2D eigenvalue weighted by atomic mass is 10.1. The van der Waals surface area contributed by atoms with Crippen molar-refractivity contribution in [2.75, 3.05) is 6.54 Å². The highest BCUT2D eigenvalue weighted by molar-refractivity contribution is 5.76. The van der Waals surface area contributed by atoms with Gasteiger partial charge in [-0.1, -0.05) is 39.3 Å². The fourth-order valence-corrected chi connectivity index (χ4v) is 3.00. The van der Waals surface area contributed by atoms with Gasteiger partial charge in [-0.15, -0.1) is 5.73 Å². The number of rotatable bonds is 9. The molecule has 1 unspecified atom stereocenters. The third-order valence-electron chi connectivity index (χ3n) is 4.90. The largest absolute Gasteiger partial charge is 0.423 e. The first-order valence-corrected chi connectivity index (χ1v) is 11.6. The van der Waals surface area contributed by atoms with Gasteiger partial charge in [0, 0.05) is 25.6 Å². The van der Waals surface area contributed by atoms with Crippen LogP contribution in [0.2, 0.25) is 0 Å². The zero-order chi connectivity index (χ0) is 27.4. The molecule has 36 heavy (non-hydrogen) atoms. The normalized spacial score (nSPS) is 14.6. The number of benzene rings is 1. The fourth-order valence-electron chi connectivity index (χ4n) is 3.00. The molecule has 1 atom stereocenters. The van der Waals surface area contributed by atoms with Crippen LogP contribution in [0.4, 0.5) is 30.7 Å². The van der Waals surface area contributed by atoms with E-state index >= 15 is 0 Å². The summed E-state index contributed by atoms with van der Waals surface area (Å²) in [5, 5.41) is 5.60. The van der Waals surface area contributed by atoms with Crippen LogP contribution in [0, 0.1) is 5.82 Å². The summed E-state index contributed by atoms with van der Waals surface area (Å²) in [7, 11) is 0. The smallest absolute Gasteiger partial charge is 0.352 e. The highest BCUT2D eigenvalue weighted by Gasteiger charge is 2.36. The van der Waals surface area contributed by atoms with E-state index in [2.05, 4.69) is 24.5 Å². The van der Waals surface area contributed by atoms with Crippen LogP contribution in [0.25, 0.3) is 0 Å². The number of hydrogen-bond donors (Lipinski definition) is 2. The number of amides is 1. The molecule has 0 radical (unpaired) electrons. The highest BCUT2D eigenvalue weighted by atomic mass is 19.4. The van der Waals surface area contributed by atoms with Crippen LogP contribution in [0.15, 0.2) is 64.9 Å². The summed E-state index contributed by atoms with van der Waals surface area (Å²) in [6, 6.07) is 5.87. The maximum Gasteiger partial charge on any atom is 0.423 e. The Morgan fingerprint density at radius 3 is 2.08 bits per heavy atom. The van der Waals surface area contributed by atoms with Gasteiger partial charge >= 0.3 is 12.4 Å². The van der Waals surface area contributed by atoms with Crippen LogP contribution < -0.4 is 10.6 Å². The quantitative estimate of drug-likeness (QED) is 0.270. The van der Waals surface area contributed by atoms with Crippen LogP contribution in [-0.2, 0) is 11.3 Å². The Bertz CT molecular complexity index is 967. The van der Waals surface area contributed by atoms with Crippen molar-refractivity contribution < 1.29 is 35.5 Å².